The van der Waals surface area contributed by atoms with Gasteiger partial charge in [-0.2, -0.15) is 0 Å². The van der Waals surface area contributed by atoms with Gasteiger partial charge in [0.1, 0.15) is 5.60 Å². The van der Waals surface area contributed by atoms with Crippen molar-refractivity contribution in [1.29, 1.82) is 5.41 Å². The highest BCUT2D eigenvalue weighted by Gasteiger charge is 2.16. The summed E-state index contributed by atoms with van der Waals surface area (Å²) in [5, 5.41) is 16.0. The minimum atomic E-state index is -1.11. The Balaban J connectivity index is 4.12. The molecule has 0 aliphatic rings. The van der Waals surface area contributed by atoms with E-state index in [1.165, 1.54) is 13.0 Å². The number of aliphatic hydroxyl groups is 1. The van der Waals surface area contributed by atoms with Crippen molar-refractivity contribution in [2.45, 2.75) is 19.4 Å². The summed E-state index contributed by atoms with van der Waals surface area (Å²) in [6.45, 7) is 6.44. The van der Waals surface area contributed by atoms with Gasteiger partial charge >= 0.3 is 0 Å². The zero-order chi connectivity index (χ0) is 6.78. The van der Waals surface area contributed by atoms with E-state index >= 15 is 0 Å². The van der Waals surface area contributed by atoms with E-state index in [2.05, 4.69) is 6.58 Å². The molecule has 0 aliphatic heterocycles. The van der Waals surface area contributed by atoms with E-state index in [1.54, 1.807) is 6.92 Å². The molecule has 0 amide bonds. The zero-order valence-electron chi connectivity index (χ0n) is 5.23. The Morgan fingerprint density at radius 1 is 1.88 bits per heavy atom. The van der Waals surface area contributed by atoms with E-state index in [-0.39, 0.29) is 5.71 Å². The molecule has 0 saturated heterocycles. The maximum Gasteiger partial charge on any atom is 0.117 e. The molecule has 0 rings (SSSR count). The highest BCUT2D eigenvalue weighted by Crippen LogP contribution is 2.04. The maximum absolute atomic E-state index is 9.06. The van der Waals surface area contributed by atoms with Crippen LogP contribution in [0.4, 0.5) is 0 Å². The normalized spacial score (nSPS) is 16.9. The Bertz CT molecular complexity index is 116. The second-order valence-electron chi connectivity index (χ2n) is 1.98. The van der Waals surface area contributed by atoms with E-state index in [0.29, 0.717) is 0 Å². The van der Waals surface area contributed by atoms with E-state index < -0.39 is 5.60 Å². The Hall–Kier alpha value is -0.630. The first-order chi connectivity index (χ1) is 3.50. The first-order valence-electron chi connectivity index (χ1n) is 2.42. The molecule has 0 aromatic carbocycles. The monoisotopic (exact) mass is 113 g/mol. The Kier molecular flexibility index (Phi) is 1.93. The van der Waals surface area contributed by atoms with E-state index in [4.69, 9.17) is 10.5 Å². The minimum absolute atomic E-state index is 0.215. The van der Waals surface area contributed by atoms with Crippen LogP contribution in [0.5, 0.6) is 0 Å². The van der Waals surface area contributed by atoms with E-state index in [9.17, 15) is 0 Å². The first-order valence-corrected chi connectivity index (χ1v) is 2.42. The van der Waals surface area contributed by atoms with Gasteiger partial charge in [-0.15, -0.1) is 0 Å². The summed E-state index contributed by atoms with van der Waals surface area (Å²) in [5.74, 6) is 0. The molecule has 0 aromatic rings. The summed E-state index contributed by atoms with van der Waals surface area (Å²) >= 11 is 0. The molecular formula is C6H11NO. The second kappa shape index (κ2) is 2.09. The summed E-state index contributed by atoms with van der Waals surface area (Å²) in [5.41, 5.74) is -0.896. The highest BCUT2D eigenvalue weighted by atomic mass is 16.3. The summed E-state index contributed by atoms with van der Waals surface area (Å²) in [6.07, 6.45) is 1.34. The SMILES string of the molecule is C=CC(C)(O)C(C)=N. The molecule has 0 bridgehead atoms. The topological polar surface area (TPSA) is 44.1 Å². The van der Waals surface area contributed by atoms with Gasteiger partial charge in [0.25, 0.3) is 0 Å². The quantitative estimate of drug-likeness (QED) is 0.406. The number of nitrogens with one attached hydrogen (secondary N) is 1. The third kappa shape index (κ3) is 1.46. The molecule has 0 fully saturated rings. The molecule has 2 N–H and O–H groups in total. The van der Waals surface area contributed by atoms with Crippen LogP contribution in [0.25, 0.3) is 0 Å². The molecule has 0 saturated carbocycles. The van der Waals surface area contributed by atoms with Crippen LogP contribution in [0.3, 0.4) is 0 Å². The lowest BCUT2D eigenvalue weighted by Crippen LogP contribution is -2.28. The Labute approximate surface area is 49.4 Å². The summed E-state index contributed by atoms with van der Waals surface area (Å²) < 4.78 is 0. The summed E-state index contributed by atoms with van der Waals surface area (Å²) in [4.78, 5) is 0. The predicted molar refractivity (Wildman–Crippen MR) is 34.2 cm³/mol. The van der Waals surface area contributed by atoms with E-state index in [1.807, 2.05) is 0 Å². The van der Waals surface area contributed by atoms with Gasteiger partial charge in [0.05, 0.1) is 0 Å². The molecule has 46 valence electrons. The van der Waals surface area contributed by atoms with Crippen LogP contribution >= 0.6 is 0 Å². The van der Waals surface area contributed by atoms with Gasteiger partial charge in [-0.1, -0.05) is 12.7 Å². The molecule has 2 nitrogen and oxygen atoms in total. The smallest absolute Gasteiger partial charge is 0.117 e. The molecular weight excluding hydrogens is 102 g/mol. The van der Waals surface area contributed by atoms with Crippen molar-refractivity contribution in [1.82, 2.24) is 0 Å². The lowest BCUT2D eigenvalue weighted by molar-refractivity contribution is 0.183. The largest absolute Gasteiger partial charge is 0.380 e. The number of hydrogen-bond donors (Lipinski definition) is 2. The van der Waals surface area contributed by atoms with Crippen LogP contribution in [0, 0.1) is 5.41 Å². The van der Waals surface area contributed by atoms with Crippen molar-refractivity contribution in [2.75, 3.05) is 0 Å². The molecule has 1 unspecified atom stereocenters. The molecule has 0 aliphatic carbocycles. The second-order valence-corrected chi connectivity index (χ2v) is 1.98. The highest BCUT2D eigenvalue weighted by molar-refractivity contribution is 5.88. The van der Waals surface area contributed by atoms with Gasteiger partial charge in [0, 0.05) is 5.71 Å². The average Bonchev–Trinajstić information content (AvgIpc) is 1.67. The fourth-order valence-corrected chi connectivity index (χ4v) is 0.153. The maximum atomic E-state index is 9.06. The Morgan fingerprint density at radius 2 is 2.25 bits per heavy atom. The van der Waals surface area contributed by atoms with Gasteiger partial charge < -0.3 is 10.5 Å². The van der Waals surface area contributed by atoms with Crippen molar-refractivity contribution < 1.29 is 5.11 Å². The molecule has 0 radical (unpaired) electrons. The van der Waals surface area contributed by atoms with Crippen molar-refractivity contribution in [2.24, 2.45) is 0 Å². The minimum Gasteiger partial charge on any atom is -0.380 e. The van der Waals surface area contributed by atoms with E-state index in [0.717, 1.165) is 0 Å². The van der Waals surface area contributed by atoms with Crippen LogP contribution in [-0.2, 0) is 0 Å². The fraction of sp³-hybridized carbons (Fsp3) is 0.500. The summed E-state index contributed by atoms with van der Waals surface area (Å²) in [7, 11) is 0. The van der Waals surface area contributed by atoms with Crippen molar-refractivity contribution >= 4 is 5.71 Å². The first kappa shape index (κ1) is 7.37. The van der Waals surface area contributed by atoms with Gasteiger partial charge in [-0.05, 0) is 13.8 Å². The lowest BCUT2D eigenvalue weighted by atomic mass is 10.0. The third-order valence-electron chi connectivity index (χ3n) is 1.16. The number of hydrogen-bond acceptors (Lipinski definition) is 2. The molecule has 0 aromatic heterocycles. The Morgan fingerprint density at radius 3 is 2.25 bits per heavy atom. The third-order valence-corrected chi connectivity index (χ3v) is 1.16. The van der Waals surface area contributed by atoms with Crippen LogP contribution in [0.15, 0.2) is 12.7 Å². The molecule has 1 atom stereocenters. The fourth-order valence-electron chi connectivity index (χ4n) is 0.153. The predicted octanol–water partition coefficient (Wildman–Crippen LogP) is 0.963. The van der Waals surface area contributed by atoms with Crippen LogP contribution in [-0.4, -0.2) is 16.4 Å². The molecule has 8 heavy (non-hydrogen) atoms. The van der Waals surface area contributed by atoms with Crippen molar-refractivity contribution in [3.05, 3.63) is 12.7 Å². The average molecular weight is 113 g/mol. The standard InChI is InChI=1S/C6H11NO/c1-4-6(3,8)5(2)7/h4,7-8H,1H2,2-3H3. The van der Waals surface area contributed by atoms with Gasteiger partial charge in [-0.3, -0.25) is 0 Å². The lowest BCUT2D eigenvalue weighted by Gasteiger charge is -2.15. The zero-order valence-corrected chi connectivity index (χ0v) is 5.23. The van der Waals surface area contributed by atoms with Crippen LogP contribution in [0.2, 0.25) is 0 Å². The molecule has 2 heteroatoms. The van der Waals surface area contributed by atoms with Crippen LogP contribution < -0.4 is 0 Å². The number of rotatable bonds is 2. The van der Waals surface area contributed by atoms with Gasteiger partial charge in [0.2, 0.25) is 0 Å². The summed E-state index contributed by atoms with van der Waals surface area (Å²) in [6, 6.07) is 0. The van der Waals surface area contributed by atoms with Gasteiger partial charge in [0.15, 0.2) is 0 Å². The van der Waals surface area contributed by atoms with Crippen molar-refractivity contribution in [3.63, 3.8) is 0 Å². The molecule has 0 heterocycles. The van der Waals surface area contributed by atoms with Crippen LogP contribution in [0.1, 0.15) is 13.8 Å². The van der Waals surface area contributed by atoms with Crippen molar-refractivity contribution in [3.8, 4) is 0 Å². The van der Waals surface area contributed by atoms with Gasteiger partial charge in [-0.25, -0.2) is 0 Å². The molecule has 0 spiro atoms.